The molecular weight excluding hydrogens is 308 g/mol. The van der Waals surface area contributed by atoms with Crippen LogP contribution >= 0.6 is 0 Å². The van der Waals surface area contributed by atoms with Crippen molar-refractivity contribution in [3.63, 3.8) is 0 Å². The minimum atomic E-state index is -0.563. The molecule has 0 unspecified atom stereocenters. The molecule has 0 aliphatic rings. The van der Waals surface area contributed by atoms with E-state index in [9.17, 15) is 14.4 Å². The number of aromatic nitrogens is 1. The number of rotatable bonds is 5. The van der Waals surface area contributed by atoms with Gasteiger partial charge >= 0.3 is 5.76 Å². The quantitative estimate of drug-likeness (QED) is 0.706. The van der Waals surface area contributed by atoms with Gasteiger partial charge in [-0.25, -0.2) is 4.79 Å². The Morgan fingerprint density at radius 1 is 1.12 bits per heavy atom. The van der Waals surface area contributed by atoms with Crippen molar-refractivity contribution in [2.45, 2.75) is 19.8 Å². The molecule has 1 heterocycles. The maximum atomic E-state index is 12.2. The summed E-state index contributed by atoms with van der Waals surface area (Å²) >= 11 is 0. The Kier molecular flexibility index (Phi) is 4.29. The van der Waals surface area contributed by atoms with Crippen LogP contribution < -0.4 is 11.1 Å². The Morgan fingerprint density at radius 2 is 1.92 bits per heavy atom. The summed E-state index contributed by atoms with van der Waals surface area (Å²) in [5.41, 5.74) is 2.98. The van der Waals surface area contributed by atoms with Crippen molar-refractivity contribution in [3.8, 4) is 0 Å². The second-order valence-corrected chi connectivity index (χ2v) is 5.51. The van der Waals surface area contributed by atoms with Crippen LogP contribution in [0.3, 0.4) is 0 Å². The van der Waals surface area contributed by atoms with E-state index < -0.39 is 5.76 Å². The minimum absolute atomic E-state index is 0.0812. The highest BCUT2D eigenvalue weighted by Gasteiger charge is 2.12. The first kappa shape index (κ1) is 15.7. The molecule has 0 saturated carbocycles. The maximum absolute atomic E-state index is 12.2. The number of carbonyl (C=O) groups is 2. The number of H-pyrrole nitrogens is 1. The number of amides is 1. The van der Waals surface area contributed by atoms with Crippen molar-refractivity contribution in [2.75, 3.05) is 5.32 Å². The Balaban J connectivity index is 1.62. The fourth-order valence-corrected chi connectivity index (χ4v) is 2.42. The summed E-state index contributed by atoms with van der Waals surface area (Å²) in [5.74, 6) is -0.959. The fraction of sp³-hybridized carbons (Fsp3) is 0.167. The van der Waals surface area contributed by atoms with Crippen LogP contribution in [0.5, 0.6) is 0 Å². The van der Waals surface area contributed by atoms with Gasteiger partial charge < -0.3 is 9.73 Å². The van der Waals surface area contributed by atoms with Gasteiger partial charge in [0.25, 0.3) is 0 Å². The molecule has 24 heavy (non-hydrogen) atoms. The zero-order valence-corrected chi connectivity index (χ0v) is 13.1. The van der Waals surface area contributed by atoms with Crippen molar-refractivity contribution in [3.05, 3.63) is 64.1 Å². The van der Waals surface area contributed by atoms with E-state index >= 15 is 0 Å². The van der Waals surface area contributed by atoms with Gasteiger partial charge in [-0.1, -0.05) is 18.2 Å². The van der Waals surface area contributed by atoms with Gasteiger partial charge in [0.2, 0.25) is 5.91 Å². The molecule has 3 aromatic rings. The highest BCUT2D eigenvalue weighted by Crippen LogP contribution is 2.16. The lowest BCUT2D eigenvalue weighted by molar-refractivity contribution is -0.116. The third kappa shape index (κ3) is 3.43. The standard InChI is InChI=1S/C18H16N2O4/c1-11-4-2-3-5-13(11)19-17(22)9-8-15(21)12-6-7-14-16(10-12)24-18(23)20-14/h2-7,10H,8-9H2,1H3,(H,19,22)(H,20,23). The first-order valence-electron chi connectivity index (χ1n) is 7.54. The van der Waals surface area contributed by atoms with Crippen molar-refractivity contribution in [1.82, 2.24) is 4.98 Å². The zero-order chi connectivity index (χ0) is 17.1. The molecule has 3 rings (SSSR count). The van der Waals surface area contributed by atoms with E-state index in [1.54, 1.807) is 12.1 Å². The lowest BCUT2D eigenvalue weighted by Crippen LogP contribution is -2.14. The summed E-state index contributed by atoms with van der Waals surface area (Å²) in [6, 6.07) is 12.2. The number of nitrogens with one attached hydrogen (secondary N) is 2. The van der Waals surface area contributed by atoms with Gasteiger partial charge in [-0.3, -0.25) is 14.6 Å². The van der Waals surface area contributed by atoms with E-state index in [4.69, 9.17) is 4.42 Å². The first-order valence-corrected chi connectivity index (χ1v) is 7.54. The lowest BCUT2D eigenvalue weighted by atomic mass is 10.1. The number of hydrogen-bond donors (Lipinski definition) is 2. The number of ketones is 1. The number of aromatic amines is 1. The summed E-state index contributed by atoms with van der Waals surface area (Å²) in [4.78, 5) is 37.8. The molecule has 6 nitrogen and oxygen atoms in total. The number of Topliss-reactive ketones (excluding diaryl/α,β-unsaturated/α-hetero) is 1. The van der Waals surface area contributed by atoms with Gasteiger partial charge in [-0.15, -0.1) is 0 Å². The van der Waals surface area contributed by atoms with Gasteiger partial charge in [-0.05, 0) is 36.8 Å². The minimum Gasteiger partial charge on any atom is -0.408 e. The number of anilines is 1. The van der Waals surface area contributed by atoms with E-state index in [0.717, 1.165) is 11.3 Å². The van der Waals surface area contributed by atoms with Crippen LogP contribution in [0.2, 0.25) is 0 Å². The predicted octanol–water partition coefficient (Wildman–Crippen LogP) is 3.03. The summed E-state index contributed by atoms with van der Waals surface area (Å²) < 4.78 is 4.93. The second-order valence-electron chi connectivity index (χ2n) is 5.51. The Bertz CT molecular complexity index is 968. The molecule has 6 heteroatoms. The SMILES string of the molecule is Cc1ccccc1NC(=O)CCC(=O)c1ccc2[nH]c(=O)oc2c1. The molecule has 0 spiro atoms. The Labute approximate surface area is 137 Å². The number of carbonyl (C=O) groups excluding carboxylic acids is 2. The highest BCUT2D eigenvalue weighted by atomic mass is 16.4. The molecule has 0 radical (unpaired) electrons. The van der Waals surface area contributed by atoms with Crippen LogP contribution in [0.25, 0.3) is 11.1 Å². The third-order valence-corrected chi connectivity index (χ3v) is 3.74. The van der Waals surface area contributed by atoms with Crippen molar-refractivity contribution < 1.29 is 14.0 Å². The van der Waals surface area contributed by atoms with E-state index in [-0.39, 0.29) is 24.5 Å². The zero-order valence-electron chi connectivity index (χ0n) is 13.1. The Hall–Kier alpha value is -3.15. The first-order chi connectivity index (χ1) is 11.5. The van der Waals surface area contributed by atoms with Gasteiger partial charge in [0, 0.05) is 24.1 Å². The van der Waals surface area contributed by atoms with E-state index in [1.165, 1.54) is 6.07 Å². The van der Waals surface area contributed by atoms with Gasteiger partial charge in [0.1, 0.15) is 0 Å². The molecule has 0 atom stereocenters. The van der Waals surface area contributed by atoms with Gasteiger partial charge in [0.05, 0.1) is 5.52 Å². The van der Waals surface area contributed by atoms with E-state index in [2.05, 4.69) is 10.3 Å². The Morgan fingerprint density at radius 3 is 2.71 bits per heavy atom. The third-order valence-electron chi connectivity index (χ3n) is 3.74. The number of benzene rings is 2. The van der Waals surface area contributed by atoms with Gasteiger partial charge in [0.15, 0.2) is 11.4 Å². The van der Waals surface area contributed by atoms with Gasteiger partial charge in [-0.2, -0.15) is 0 Å². The molecule has 2 aromatic carbocycles. The van der Waals surface area contributed by atoms with Crippen LogP contribution in [-0.2, 0) is 4.79 Å². The number of aryl methyl sites for hydroxylation is 1. The van der Waals surface area contributed by atoms with E-state index in [0.29, 0.717) is 16.7 Å². The summed E-state index contributed by atoms with van der Waals surface area (Å²) in [7, 11) is 0. The molecule has 1 amide bonds. The largest absolute Gasteiger partial charge is 0.417 e. The van der Waals surface area contributed by atoms with Crippen LogP contribution in [-0.4, -0.2) is 16.7 Å². The summed E-state index contributed by atoms with van der Waals surface area (Å²) in [6.07, 6.45) is 0.167. The molecule has 122 valence electrons. The van der Waals surface area contributed by atoms with Crippen molar-refractivity contribution >= 4 is 28.5 Å². The molecule has 0 bridgehead atoms. The topological polar surface area (TPSA) is 92.2 Å². The molecule has 0 aliphatic carbocycles. The van der Waals surface area contributed by atoms with Crippen LogP contribution in [0.15, 0.2) is 51.7 Å². The number of oxazole rings is 1. The predicted molar refractivity (Wildman–Crippen MR) is 90.2 cm³/mol. The molecule has 0 aliphatic heterocycles. The van der Waals surface area contributed by atoms with Crippen molar-refractivity contribution in [2.24, 2.45) is 0 Å². The normalized spacial score (nSPS) is 10.7. The van der Waals surface area contributed by atoms with Crippen LogP contribution in [0, 0.1) is 6.92 Å². The van der Waals surface area contributed by atoms with Crippen molar-refractivity contribution in [1.29, 1.82) is 0 Å². The number of para-hydroxylation sites is 1. The average Bonchev–Trinajstić information content (AvgIpc) is 2.94. The number of fused-ring (bicyclic) bond motifs is 1. The smallest absolute Gasteiger partial charge is 0.408 e. The number of hydrogen-bond acceptors (Lipinski definition) is 4. The molecule has 0 saturated heterocycles. The molecule has 0 fully saturated rings. The molecular formula is C18H16N2O4. The molecule has 2 N–H and O–H groups in total. The maximum Gasteiger partial charge on any atom is 0.417 e. The summed E-state index contributed by atoms with van der Waals surface area (Å²) in [6.45, 7) is 1.90. The second kappa shape index (κ2) is 6.54. The monoisotopic (exact) mass is 324 g/mol. The molecule has 1 aromatic heterocycles. The fourth-order valence-electron chi connectivity index (χ4n) is 2.42. The average molecular weight is 324 g/mol. The van der Waals surface area contributed by atoms with Crippen LogP contribution in [0.4, 0.5) is 5.69 Å². The van der Waals surface area contributed by atoms with E-state index in [1.807, 2.05) is 31.2 Å². The summed E-state index contributed by atoms with van der Waals surface area (Å²) in [5, 5.41) is 2.79. The van der Waals surface area contributed by atoms with Crippen LogP contribution in [0.1, 0.15) is 28.8 Å². The highest BCUT2D eigenvalue weighted by molar-refractivity contribution is 6.01. The lowest BCUT2D eigenvalue weighted by Gasteiger charge is -2.07.